The second-order valence-electron chi connectivity index (χ2n) is 5.57. The molecule has 0 radical (unpaired) electrons. The molecule has 0 rings (SSSR count). The molecule has 0 aliphatic carbocycles. The average Bonchev–Trinajstić information content (AvgIpc) is 2.52. The predicted molar refractivity (Wildman–Crippen MR) is 97.6 cm³/mol. The second-order valence-corrected chi connectivity index (χ2v) is 5.57. The lowest BCUT2D eigenvalue weighted by Crippen LogP contribution is -1.92. The molecule has 0 saturated heterocycles. The zero-order valence-electron chi connectivity index (χ0n) is 14.4. The number of aliphatic hydroxyl groups excluding tert-OH is 1. The SMILES string of the molecule is CCCCC/C=C\C/C=C(/O)C/C=C\C/C=C\CCCC(=O)O. The predicted octanol–water partition coefficient (Wildman–Crippen LogP) is 6.10. The lowest BCUT2D eigenvalue weighted by molar-refractivity contribution is -0.137. The van der Waals surface area contributed by atoms with Crippen molar-refractivity contribution in [3.8, 4) is 0 Å². The second kappa shape index (κ2) is 16.6. The molecule has 0 fully saturated rings. The van der Waals surface area contributed by atoms with E-state index in [9.17, 15) is 9.90 Å². The molecule has 0 saturated carbocycles. The largest absolute Gasteiger partial charge is 0.512 e. The molecule has 130 valence electrons. The van der Waals surface area contributed by atoms with Crippen molar-refractivity contribution >= 4 is 5.97 Å². The maximum Gasteiger partial charge on any atom is 0.303 e. The maximum atomic E-state index is 10.3. The average molecular weight is 320 g/mol. The van der Waals surface area contributed by atoms with E-state index in [1.807, 2.05) is 30.4 Å². The minimum Gasteiger partial charge on any atom is -0.512 e. The zero-order chi connectivity index (χ0) is 17.2. The zero-order valence-corrected chi connectivity index (χ0v) is 14.4. The van der Waals surface area contributed by atoms with Gasteiger partial charge in [0, 0.05) is 12.8 Å². The highest BCUT2D eigenvalue weighted by atomic mass is 16.4. The summed E-state index contributed by atoms with van der Waals surface area (Å²) in [5.74, 6) is -0.332. The van der Waals surface area contributed by atoms with Crippen molar-refractivity contribution in [1.82, 2.24) is 0 Å². The molecule has 0 aromatic rings. The van der Waals surface area contributed by atoms with Crippen molar-refractivity contribution in [3.05, 3.63) is 48.3 Å². The van der Waals surface area contributed by atoms with Gasteiger partial charge in [0.2, 0.25) is 0 Å². The Labute approximate surface area is 141 Å². The summed E-state index contributed by atoms with van der Waals surface area (Å²) in [6.07, 6.45) is 22.9. The van der Waals surface area contributed by atoms with E-state index in [0.717, 1.165) is 25.7 Å². The first kappa shape index (κ1) is 21.2. The third kappa shape index (κ3) is 18.2. The molecule has 3 nitrogen and oxygen atoms in total. The summed E-state index contributed by atoms with van der Waals surface area (Å²) in [7, 11) is 0. The molecular weight excluding hydrogens is 288 g/mol. The minimum atomic E-state index is -0.739. The van der Waals surface area contributed by atoms with Crippen LogP contribution in [0.15, 0.2) is 48.3 Å². The van der Waals surface area contributed by atoms with Crippen LogP contribution in [0.5, 0.6) is 0 Å². The normalized spacial score (nSPS) is 12.8. The van der Waals surface area contributed by atoms with Crippen LogP contribution < -0.4 is 0 Å². The molecule has 0 aliphatic heterocycles. The molecule has 0 unspecified atom stereocenters. The molecule has 0 aromatic carbocycles. The molecule has 0 amide bonds. The van der Waals surface area contributed by atoms with E-state index in [4.69, 9.17) is 5.11 Å². The lowest BCUT2D eigenvalue weighted by Gasteiger charge is -1.94. The van der Waals surface area contributed by atoms with Crippen LogP contribution in [0.1, 0.15) is 71.1 Å². The first-order chi connectivity index (χ1) is 11.2. The van der Waals surface area contributed by atoms with Gasteiger partial charge in [0.05, 0.1) is 5.76 Å². The fraction of sp³-hybridized carbons (Fsp3) is 0.550. The molecule has 2 N–H and O–H groups in total. The maximum absolute atomic E-state index is 10.3. The quantitative estimate of drug-likeness (QED) is 0.231. The van der Waals surface area contributed by atoms with Crippen LogP contribution in [-0.4, -0.2) is 16.2 Å². The van der Waals surface area contributed by atoms with Gasteiger partial charge < -0.3 is 10.2 Å². The van der Waals surface area contributed by atoms with Crippen molar-refractivity contribution in [3.63, 3.8) is 0 Å². The number of aliphatic carboxylic acids is 1. The van der Waals surface area contributed by atoms with Crippen LogP contribution in [0.25, 0.3) is 0 Å². The monoisotopic (exact) mass is 320 g/mol. The first-order valence-electron chi connectivity index (χ1n) is 8.71. The highest BCUT2D eigenvalue weighted by Gasteiger charge is 1.92. The molecule has 0 atom stereocenters. The molecule has 0 aromatic heterocycles. The Morgan fingerprint density at radius 3 is 2.17 bits per heavy atom. The molecule has 0 bridgehead atoms. The van der Waals surface area contributed by atoms with Crippen LogP contribution >= 0.6 is 0 Å². The number of hydrogen-bond donors (Lipinski definition) is 2. The number of carboxylic acid groups (broad SMARTS) is 1. The third-order valence-corrected chi connectivity index (χ3v) is 3.32. The fourth-order valence-electron chi connectivity index (χ4n) is 1.98. The van der Waals surface area contributed by atoms with Crippen molar-refractivity contribution in [2.75, 3.05) is 0 Å². The van der Waals surface area contributed by atoms with Crippen LogP contribution in [0.2, 0.25) is 0 Å². The number of aliphatic hydroxyl groups is 1. The van der Waals surface area contributed by atoms with E-state index in [1.165, 1.54) is 19.3 Å². The number of allylic oxidation sites excluding steroid dienone is 7. The Morgan fingerprint density at radius 2 is 1.48 bits per heavy atom. The molecule has 3 heteroatoms. The number of rotatable bonds is 14. The summed E-state index contributed by atoms with van der Waals surface area (Å²) in [5.41, 5.74) is 0. The Kier molecular flexibility index (Phi) is 15.3. The summed E-state index contributed by atoms with van der Waals surface area (Å²) in [5, 5.41) is 18.2. The number of carboxylic acids is 1. The van der Waals surface area contributed by atoms with Gasteiger partial charge in [-0.05, 0) is 44.6 Å². The van der Waals surface area contributed by atoms with Crippen molar-refractivity contribution < 1.29 is 15.0 Å². The molecule has 0 heterocycles. The summed E-state index contributed by atoms with van der Waals surface area (Å²) < 4.78 is 0. The van der Waals surface area contributed by atoms with E-state index >= 15 is 0 Å². The van der Waals surface area contributed by atoms with Gasteiger partial charge in [-0.3, -0.25) is 4.79 Å². The van der Waals surface area contributed by atoms with Gasteiger partial charge in [-0.2, -0.15) is 0 Å². The van der Waals surface area contributed by atoms with Crippen LogP contribution in [-0.2, 0) is 4.79 Å². The van der Waals surface area contributed by atoms with Gasteiger partial charge in [0.1, 0.15) is 0 Å². The molecular formula is C20H32O3. The Bertz CT molecular complexity index is 403. The number of unbranched alkanes of at least 4 members (excludes halogenated alkanes) is 4. The minimum absolute atomic E-state index is 0.228. The Hall–Kier alpha value is -1.77. The fourth-order valence-corrected chi connectivity index (χ4v) is 1.98. The van der Waals surface area contributed by atoms with Gasteiger partial charge in [-0.15, -0.1) is 0 Å². The summed E-state index contributed by atoms with van der Waals surface area (Å²) >= 11 is 0. The first-order valence-corrected chi connectivity index (χ1v) is 8.71. The highest BCUT2D eigenvalue weighted by molar-refractivity contribution is 5.66. The molecule has 0 aliphatic rings. The van der Waals surface area contributed by atoms with E-state index in [0.29, 0.717) is 18.6 Å². The van der Waals surface area contributed by atoms with Gasteiger partial charge >= 0.3 is 5.97 Å². The number of hydrogen-bond acceptors (Lipinski definition) is 2. The Morgan fingerprint density at radius 1 is 0.826 bits per heavy atom. The molecule has 0 spiro atoms. The number of carbonyl (C=O) groups is 1. The van der Waals surface area contributed by atoms with E-state index < -0.39 is 5.97 Å². The van der Waals surface area contributed by atoms with Gasteiger partial charge in [0.25, 0.3) is 0 Å². The third-order valence-electron chi connectivity index (χ3n) is 3.32. The summed E-state index contributed by atoms with van der Waals surface area (Å²) in [6.45, 7) is 2.20. The Balaban J connectivity index is 3.62. The van der Waals surface area contributed by atoms with Gasteiger partial charge in [-0.1, -0.05) is 56.2 Å². The van der Waals surface area contributed by atoms with Crippen LogP contribution in [0.3, 0.4) is 0 Å². The van der Waals surface area contributed by atoms with Crippen LogP contribution in [0.4, 0.5) is 0 Å². The molecule has 23 heavy (non-hydrogen) atoms. The van der Waals surface area contributed by atoms with E-state index in [-0.39, 0.29) is 6.42 Å². The summed E-state index contributed by atoms with van der Waals surface area (Å²) in [4.78, 5) is 10.3. The topological polar surface area (TPSA) is 57.5 Å². The highest BCUT2D eigenvalue weighted by Crippen LogP contribution is 2.04. The lowest BCUT2D eigenvalue weighted by atomic mass is 10.2. The summed E-state index contributed by atoms with van der Waals surface area (Å²) in [6, 6.07) is 0. The van der Waals surface area contributed by atoms with Gasteiger partial charge in [-0.25, -0.2) is 0 Å². The standard InChI is InChI=1S/C20H32O3/c1-2-3-4-5-7-10-13-16-19(21)17-14-11-8-6-9-12-15-18-20(22)23/h6-7,9-11,14,16,21H,2-5,8,12-13,15,17-18H2,1H3,(H,22,23)/b9-6-,10-7-,14-11-,19-16+. The van der Waals surface area contributed by atoms with Crippen molar-refractivity contribution in [1.29, 1.82) is 0 Å². The van der Waals surface area contributed by atoms with Crippen LogP contribution in [0, 0.1) is 0 Å². The van der Waals surface area contributed by atoms with Crippen molar-refractivity contribution in [2.45, 2.75) is 71.1 Å². The van der Waals surface area contributed by atoms with E-state index in [2.05, 4.69) is 19.1 Å². The smallest absolute Gasteiger partial charge is 0.303 e. The van der Waals surface area contributed by atoms with Gasteiger partial charge in [0.15, 0.2) is 0 Å². The van der Waals surface area contributed by atoms with E-state index in [1.54, 1.807) is 0 Å². The van der Waals surface area contributed by atoms with Crippen molar-refractivity contribution in [2.24, 2.45) is 0 Å².